The van der Waals surface area contributed by atoms with Crippen molar-refractivity contribution in [1.29, 1.82) is 0 Å². The molecule has 18 nitrogen and oxygen atoms in total. The van der Waals surface area contributed by atoms with E-state index in [1.807, 2.05) is 19.9 Å². The van der Waals surface area contributed by atoms with Crippen LogP contribution in [0.1, 0.15) is 57.3 Å². The van der Waals surface area contributed by atoms with Gasteiger partial charge >= 0.3 is 0 Å². The Kier molecular flexibility index (Phi) is 12.2. The van der Waals surface area contributed by atoms with Crippen molar-refractivity contribution in [3.05, 3.63) is 81.5 Å². The van der Waals surface area contributed by atoms with Gasteiger partial charge in [0.2, 0.25) is 21.9 Å². The molecular weight excluding hydrogens is 859 g/mol. The van der Waals surface area contributed by atoms with Gasteiger partial charge in [0.25, 0.3) is 5.91 Å². The van der Waals surface area contributed by atoms with Crippen molar-refractivity contribution in [2.45, 2.75) is 52.0 Å². The smallest absolute Gasteiger partial charge is 0.258 e. The molecule has 2 amide bonds. The summed E-state index contributed by atoms with van der Waals surface area (Å²) in [6, 6.07) is 10.3. The lowest BCUT2D eigenvalue weighted by Crippen LogP contribution is -2.62. The maximum absolute atomic E-state index is 14.3. The molecule has 0 bridgehead atoms. The highest BCUT2D eigenvalue weighted by molar-refractivity contribution is 7.88. The number of amides is 2. The van der Waals surface area contributed by atoms with Crippen molar-refractivity contribution in [2.24, 2.45) is 0 Å². The molecule has 0 radical (unpaired) electrons. The molecule has 64 heavy (non-hydrogen) atoms. The van der Waals surface area contributed by atoms with Gasteiger partial charge in [-0.15, -0.1) is 11.3 Å². The summed E-state index contributed by atoms with van der Waals surface area (Å²) in [5.41, 5.74) is 11.1. The maximum Gasteiger partial charge on any atom is 0.258 e. The molecule has 7 heterocycles. The van der Waals surface area contributed by atoms with Crippen molar-refractivity contribution in [3.63, 3.8) is 0 Å². The fraction of sp³-hybridized carbons (Fsp3) is 0.455. The SMILES string of the molecule is CC(C)c1cc(C(=O)N2Cc3ccc(CN4CCN(C(=O)[C@@H]5CN(Cc6cc7nc(-c8cnc(N)nc8)nc(N8CCOCC8)c7s6)CCN5S(C)(=O)=O)CC4)cc3C2)c(O)cc1O. The van der Waals surface area contributed by atoms with E-state index < -0.39 is 16.1 Å². The van der Waals surface area contributed by atoms with E-state index in [-0.39, 0.29) is 53.8 Å². The van der Waals surface area contributed by atoms with Gasteiger partial charge in [0.15, 0.2) is 11.6 Å². The van der Waals surface area contributed by atoms with Crippen LogP contribution in [0.15, 0.2) is 48.8 Å². The lowest BCUT2D eigenvalue weighted by atomic mass is 9.98. The van der Waals surface area contributed by atoms with Crippen LogP contribution >= 0.6 is 11.3 Å². The molecule has 1 atom stereocenters. The summed E-state index contributed by atoms with van der Waals surface area (Å²) >= 11 is 1.60. The second-order valence-corrected chi connectivity index (χ2v) is 20.4. The van der Waals surface area contributed by atoms with Crippen molar-refractivity contribution in [3.8, 4) is 22.9 Å². The zero-order valence-corrected chi connectivity index (χ0v) is 37.8. The van der Waals surface area contributed by atoms with Crippen LogP contribution in [0.4, 0.5) is 11.8 Å². The summed E-state index contributed by atoms with van der Waals surface area (Å²) < 4.78 is 34.1. The molecule has 338 valence electrons. The first kappa shape index (κ1) is 43.7. The molecule has 20 heteroatoms. The number of benzene rings is 2. The third kappa shape index (κ3) is 9.07. The number of hydrogen-bond donors (Lipinski definition) is 3. The molecule has 0 spiro atoms. The van der Waals surface area contributed by atoms with Crippen LogP contribution in [0.5, 0.6) is 11.5 Å². The molecular formula is C44H53N11O7S2. The van der Waals surface area contributed by atoms with Crippen LogP contribution in [0.3, 0.4) is 0 Å². The Hall–Kier alpha value is -5.51. The van der Waals surface area contributed by atoms with Gasteiger partial charge in [-0.2, -0.15) is 4.31 Å². The molecule has 5 aromatic rings. The number of fused-ring (bicyclic) bond motifs is 2. The van der Waals surface area contributed by atoms with Crippen LogP contribution in [0, 0.1) is 0 Å². The summed E-state index contributed by atoms with van der Waals surface area (Å²) in [7, 11) is -3.67. The second kappa shape index (κ2) is 17.8. The number of carbonyl (C=O) groups is 2. The average Bonchev–Trinajstić information content (AvgIpc) is 3.90. The Labute approximate surface area is 375 Å². The zero-order chi connectivity index (χ0) is 44.9. The number of sulfonamides is 1. The number of aromatic hydroxyl groups is 2. The highest BCUT2D eigenvalue weighted by Crippen LogP contribution is 2.37. The topological polar surface area (TPSA) is 215 Å². The molecule has 3 aromatic heterocycles. The third-order valence-electron chi connectivity index (χ3n) is 12.5. The summed E-state index contributed by atoms with van der Waals surface area (Å²) in [5.74, 6) is 0.703. The predicted molar refractivity (Wildman–Crippen MR) is 242 cm³/mol. The first-order valence-corrected chi connectivity index (χ1v) is 24.2. The molecule has 0 unspecified atom stereocenters. The maximum atomic E-state index is 14.3. The first-order chi connectivity index (χ1) is 30.7. The van der Waals surface area contributed by atoms with E-state index in [2.05, 4.69) is 42.9 Å². The number of rotatable bonds is 10. The van der Waals surface area contributed by atoms with Gasteiger partial charge in [-0.05, 0) is 40.3 Å². The summed E-state index contributed by atoms with van der Waals surface area (Å²) in [6.07, 6.45) is 4.40. The molecule has 3 fully saturated rings. The van der Waals surface area contributed by atoms with E-state index in [1.54, 1.807) is 39.6 Å². The fourth-order valence-electron chi connectivity index (χ4n) is 9.08. The van der Waals surface area contributed by atoms with Crippen LogP contribution in [-0.4, -0.2) is 159 Å². The lowest BCUT2D eigenvalue weighted by Gasteiger charge is -2.42. The number of ether oxygens (including phenoxy) is 1. The predicted octanol–water partition coefficient (Wildman–Crippen LogP) is 3.05. The number of phenols is 2. The molecule has 2 aromatic carbocycles. The van der Waals surface area contributed by atoms with E-state index in [4.69, 9.17) is 20.4 Å². The normalized spacial score (nSPS) is 19.2. The number of piperazine rings is 2. The summed E-state index contributed by atoms with van der Waals surface area (Å²) in [4.78, 5) is 57.1. The van der Waals surface area contributed by atoms with Crippen molar-refractivity contribution in [1.82, 2.24) is 43.8 Å². The van der Waals surface area contributed by atoms with Crippen LogP contribution in [0.2, 0.25) is 0 Å². The molecule has 4 N–H and O–H groups in total. The minimum absolute atomic E-state index is 0.0184. The van der Waals surface area contributed by atoms with Gasteiger partial charge in [0.05, 0.1) is 40.8 Å². The van der Waals surface area contributed by atoms with E-state index >= 15 is 0 Å². The Morgan fingerprint density at radius 2 is 1.58 bits per heavy atom. The highest BCUT2D eigenvalue weighted by atomic mass is 32.2. The number of morpholine rings is 1. The quantitative estimate of drug-likeness (QED) is 0.184. The third-order valence-corrected chi connectivity index (χ3v) is 14.9. The summed E-state index contributed by atoms with van der Waals surface area (Å²) in [6.45, 7) is 11.5. The number of hydrogen-bond acceptors (Lipinski definition) is 16. The zero-order valence-electron chi connectivity index (χ0n) is 36.2. The Morgan fingerprint density at radius 3 is 2.30 bits per heavy atom. The molecule has 0 saturated carbocycles. The van der Waals surface area contributed by atoms with E-state index in [0.29, 0.717) is 102 Å². The standard InChI is InChI=1S/C44H53N11O7S2/c1-27(2)33-18-34(38(57)19-37(33)56)42(58)54-23-29-5-4-28(16-30(29)24-54)22-50-6-9-53(10-7-50)43(59)36-26-51(8-11-55(36)64(3,60)61)25-32-17-35-39(63-32)41(52-12-14-62-15-13-52)49-40(48-35)31-20-46-44(45)47-21-31/h4-5,16-21,27,36,56-57H,6-15,22-26H2,1-3H3,(H2,45,46,47)/t36-/m0/s1. The first-order valence-electron chi connectivity index (χ1n) is 21.6. The van der Waals surface area contributed by atoms with E-state index in [9.17, 15) is 28.2 Å². The molecule has 3 saturated heterocycles. The monoisotopic (exact) mass is 911 g/mol. The molecule has 4 aliphatic rings. The van der Waals surface area contributed by atoms with Gasteiger partial charge < -0.3 is 35.4 Å². The van der Waals surface area contributed by atoms with Crippen LogP contribution in [0.25, 0.3) is 21.6 Å². The number of nitrogens with zero attached hydrogens (tertiary/aromatic N) is 10. The minimum atomic E-state index is -3.67. The van der Waals surface area contributed by atoms with Crippen molar-refractivity contribution < 1.29 is 33.0 Å². The van der Waals surface area contributed by atoms with E-state index in [1.165, 1.54) is 16.6 Å². The van der Waals surface area contributed by atoms with Gasteiger partial charge in [-0.25, -0.2) is 28.4 Å². The lowest BCUT2D eigenvalue weighted by molar-refractivity contribution is -0.139. The largest absolute Gasteiger partial charge is 0.508 e. The van der Waals surface area contributed by atoms with Gasteiger partial charge in [0, 0.05) is 108 Å². The van der Waals surface area contributed by atoms with Crippen LogP contribution in [-0.2, 0) is 45.7 Å². The number of aromatic nitrogens is 4. The Bertz CT molecular complexity index is 2680. The van der Waals surface area contributed by atoms with Gasteiger partial charge in [-0.1, -0.05) is 32.0 Å². The number of carbonyl (C=O) groups excluding carboxylic acids is 2. The molecule has 9 rings (SSSR count). The van der Waals surface area contributed by atoms with Crippen LogP contribution < -0.4 is 10.6 Å². The average molecular weight is 912 g/mol. The number of nitrogens with two attached hydrogens (primary N) is 1. The minimum Gasteiger partial charge on any atom is -0.508 e. The number of thiophene rings is 1. The van der Waals surface area contributed by atoms with E-state index in [0.717, 1.165) is 37.6 Å². The molecule has 0 aliphatic carbocycles. The second-order valence-electron chi connectivity index (χ2n) is 17.3. The number of phenolic OH excluding ortho intramolecular Hbond substituents is 2. The highest BCUT2D eigenvalue weighted by Gasteiger charge is 2.40. The number of nitrogen functional groups attached to an aromatic ring is 1. The summed E-state index contributed by atoms with van der Waals surface area (Å²) in [5, 5.41) is 20.8. The Morgan fingerprint density at radius 1 is 0.859 bits per heavy atom. The van der Waals surface area contributed by atoms with Gasteiger partial charge in [-0.3, -0.25) is 19.4 Å². The van der Waals surface area contributed by atoms with Gasteiger partial charge in [0.1, 0.15) is 17.5 Å². The van der Waals surface area contributed by atoms with Crippen molar-refractivity contribution >= 4 is 55.2 Å². The number of anilines is 2. The molecule has 4 aliphatic heterocycles. The van der Waals surface area contributed by atoms with Crippen molar-refractivity contribution in [2.75, 3.05) is 89.0 Å². The fourth-order valence-corrected chi connectivity index (χ4v) is 11.3. The Balaban J connectivity index is 0.845.